The third-order valence-corrected chi connectivity index (χ3v) is 6.92. The summed E-state index contributed by atoms with van der Waals surface area (Å²) in [5.74, 6) is 0. The molecule has 1 aliphatic heterocycles. The molecule has 0 aliphatic carbocycles. The summed E-state index contributed by atoms with van der Waals surface area (Å²) in [6.07, 6.45) is 5.95. The predicted molar refractivity (Wildman–Crippen MR) is 126 cm³/mol. The normalized spacial score (nSPS) is 16.2. The SMILES string of the molecule is Cc1cccc(-c2nn(C3CCOC3)cc2-c2ccnc(-c3ccc(S(C)(=O)=O)cc3)c2)n1. The van der Waals surface area contributed by atoms with E-state index in [0.29, 0.717) is 6.61 Å². The molecule has 0 amide bonds. The lowest BCUT2D eigenvalue weighted by atomic mass is 10.0. The molecule has 7 nitrogen and oxygen atoms in total. The summed E-state index contributed by atoms with van der Waals surface area (Å²) in [5, 5.41) is 4.91. The second-order valence-corrected chi connectivity index (χ2v) is 10.3. The zero-order valence-electron chi connectivity index (χ0n) is 18.5. The predicted octanol–water partition coefficient (Wildman–Crippen LogP) is 4.35. The molecule has 0 bridgehead atoms. The topological polar surface area (TPSA) is 87.0 Å². The second-order valence-electron chi connectivity index (χ2n) is 8.28. The van der Waals surface area contributed by atoms with E-state index in [1.165, 1.54) is 6.26 Å². The molecule has 1 unspecified atom stereocenters. The Morgan fingerprint density at radius 2 is 1.85 bits per heavy atom. The Bertz CT molecular complexity index is 1410. The molecule has 33 heavy (non-hydrogen) atoms. The van der Waals surface area contributed by atoms with Gasteiger partial charge in [-0.1, -0.05) is 18.2 Å². The van der Waals surface area contributed by atoms with Crippen LogP contribution >= 0.6 is 0 Å². The molecule has 1 saturated heterocycles. The van der Waals surface area contributed by atoms with E-state index in [4.69, 9.17) is 14.8 Å². The number of nitrogens with zero attached hydrogens (tertiary/aromatic N) is 4. The molecule has 1 atom stereocenters. The minimum absolute atomic E-state index is 0.201. The number of pyridine rings is 2. The van der Waals surface area contributed by atoms with E-state index in [9.17, 15) is 8.42 Å². The van der Waals surface area contributed by atoms with Gasteiger partial charge in [-0.15, -0.1) is 0 Å². The summed E-state index contributed by atoms with van der Waals surface area (Å²) in [6, 6.07) is 16.9. The Labute approximate surface area is 193 Å². The number of ether oxygens (including phenoxy) is 1. The van der Waals surface area contributed by atoms with Crippen LogP contribution in [0.3, 0.4) is 0 Å². The van der Waals surface area contributed by atoms with Gasteiger partial charge in [0.05, 0.1) is 28.9 Å². The average molecular weight is 461 g/mol. The quantitative estimate of drug-likeness (QED) is 0.440. The highest BCUT2D eigenvalue weighted by Gasteiger charge is 2.22. The van der Waals surface area contributed by atoms with Crippen LogP contribution in [0.5, 0.6) is 0 Å². The molecule has 0 radical (unpaired) electrons. The molecular formula is C25H24N4O3S. The van der Waals surface area contributed by atoms with Crippen LogP contribution in [-0.4, -0.2) is 47.6 Å². The highest BCUT2D eigenvalue weighted by molar-refractivity contribution is 7.90. The van der Waals surface area contributed by atoms with Gasteiger partial charge in [-0.25, -0.2) is 8.42 Å². The Morgan fingerprint density at radius 1 is 1.03 bits per heavy atom. The van der Waals surface area contributed by atoms with E-state index in [1.807, 2.05) is 41.9 Å². The number of hydrogen-bond acceptors (Lipinski definition) is 6. The minimum atomic E-state index is -3.25. The molecule has 0 saturated carbocycles. The van der Waals surface area contributed by atoms with Crippen molar-refractivity contribution in [1.82, 2.24) is 19.7 Å². The van der Waals surface area contributed by atoms with Crippen LogP contribution in [0.2, 0.25) is 0 Å². The van der Waals surface area contributed by atoms with E-state index in [-0.39, 0.29) is 10.9 Å². The molecule has 8 heteroatoms. The fourth-order valence-electron chi connectivity index (χ4n) is 4.01. The van der Waals surface area contributed by atoms with Crippen molar-refractivity contribution < 1.29 is 13.2 Å². The smallest absolute Gasteiger partial charge is 0.175 e. The van der Waals surface area contributed by atoms with Crippen molar-refractivity contribution >= 4 is 9.84 Å². The molecule has 3 aromatic heterocycles. The number of sulfone groups is 1. The molecular weight excluding hydrogens is 436 g/mol. The van der Waals surface area contributed by atoms with Gasteiger partial charge < -0.3 is 4.74 Å². The van der Waals surface area contributed by atoms with Crippen molar-refractivity contribution in [2.45, 2.75) is 24.3 Å². The largest absolute Gasteiger partial charge is 0.379 e. The first kappa shape index (κ1) is 21.5. The van der Waals surface area contributed by atoms with Crippen LogP contribution in [0.25, 0.3) is 33.8 Å². The van der Waals surface area contributed by atoms with Crippen molar-refractivity contribution in [3.05, 3.63) is 72.7 Å². The third-order valence-electron chi connectivity index (χ3n) is 5.79. The first-order valence-electron chi connectivity index (χ1n) is 10.8. The van der Waals surface area contributed by atoms with E-state index in [0.717, 1.165) is 52.5 Å². The number of rotatable bonds is 5. The van der Waals surface area contributed by atoms with Gasteiger partial charge in [0.15, 0.2) is 9.84 Å². The van der Waals surface area contributed by atoms with E-state index >= 15 is 0 Å². The van der Waals surface area contributed by atoms with E-state index < -0.39 is 9.84 Å². The monoisotopic (exact) mass is 460 g/mol. The van der Waals surface area contributed by atoms with Gasteiger partial charge in [0.25, 0.3) is 0 Å². The van der Waals surface area contributed by atoms with Gasteiger partial charge in [-0.3, -0.25) is 14.6 Å². The molecule has 168 valence electrons. The van der Waals surface area contributed by atoms with Crippen LogP contribution in [0.15, 0.2) is 71.9 Å². The van der Waals surface area contributed by atoms with Gasteiger partial charge in [-0.05, 0) is 55.3 Å². The van der Waals surface area contributed by atoms with E-state index in [1.54, 1.807) is 30.5 Å². The van der Waals surface area contributed by atoms with Crippen molar-refractivity contribution in [3.63, 3.8) is 0 Å². The van der Waals surface area contributed by atoms with Crippen LogP contribution in [0.4, 0.5) is 0 Å². The van der Waals surface area contributed by atoms with Crippen LogP contribution in [-0.2, 0) is 14.6 Å². The minimum Gasteiger partial charge on any atom is -0.379 e. The summed E-state index contributed by atoms with van der Waals surface area (Å²) in [4.78, 5) is 9.51. The Balaban J connectivity index is 1.59. The van der Waals surface area contributed by atoms with Crippen molar-refractivity contribution in [2.75, 3.05) is 19.5 Å². The summed E-state index contributed by atoms with van der Waals surface area (Å²) >= 11 is 0. The fraction of sp³-hybridized carbons (Fsp3) is 0.240. The highest BCUT2D eigenvalue weighted by atomic mass is 32.2. The summed E-state index contributed by atoms with van der Waals surface area (Å²) in [7, 11) is -3.25. The maximum absolute atomic E-state index is 11.8. The number of aromatic nitrogens is 4. The zero-order chi connectivity index (χ0) is 23.0. The maximum Gasteiger partial charge on any atom is 0.175 e. The maximum atomic E-state index is 11.8. The molecule has 4 heterocycles. The number of aryl methyl sites for hydroxylation is 1. The molecule has 0 spiro atoms. The Morgan fingerprint density at radius 3 is 2.55 bits per heavy atom. The summed E-state index contributed by atoms with van der Waals surface area (Å²) < 4.78 is 31.1. The van der Waals surface area contributed by atoms with E-state index in [2.05, 4.69) is 11.2 Å². The zero-order valence-corrected chi connectivity index (χ0v) is 19.3. The standard InChI is InChI=1S/C25H24N4O3S/c1-17-4-3-5-23(27-17)25-22(15-29(28-25)20-11-13-32-16-20)19-10-12-26-24(14-19)18-6-8-21(9-7-18)33(2,30)31/h3-10,12,14-15,20H,11,13,16H2,1-2H3. The second kappa shape index (κ2) is 8.53. The molecule has 4 aromatic rings. The lowest BCUT2D eigenvalue weighted by molar-refractivity contribution is 0.184. The van der Waals surface area contributed by atoms with Gasteiger partial charge in [-0.2, -0.15) is 5.10 Å². The van der Waals surface area contributed by atoms with Crippen molar-refractivity contribution in [3.8, 4) is 33.8 Å². The van der Waals surface area contributed by atoms with Crippen LogP contribution in [0, 0.1) is 6.92 Å². The van der Waals surface area contributed by atoms with Crippen LogP contribution < -0.4 is 0 Å². The van der Waals surface area contributed by atoms with Crippen LogP contribution in [0.1, 0.15) is 18.2 Å². The van der Waals surface area contributed by atoms with Crippen molar-refractivity contribution in [1.29, 1.82) is 0 Å². The first-order valence-corrected chi connectivity index (χ1v) is 12.7. The van der Waals surface area contributed by atoms with Gasteiger partial charge >= 0.3 is 0 Å². The summed E-state index contributed by atoms with van der Waals surface area (Å²) in [5.41, 5.74) is 6.10. The first-order chi connectivity index (χ1) is 15.9. The molecule has 1 aromatic carbocycles. The Kier molecular flexibility index (Phi) is 5.55. The summed E-state index contributed by atoms with van der Waals surface area (Å²) in [6.45, 7) is 3.35. The van der Waals surface area contributed by atoms with Gasteiger partial charge in [0, 0.05) is 42.1 Å². The molecule has 1 aliphatic rings. The Hall–Kier alpha value is -3.36. The number of hydrogen-bond donors (Lipinski definition) is 0. The third kappa shape index (κ3) is 4.44. The highest BCUT2D eigenvalue weighted by Crippen LogP contribution is 2.34. The lowest BCUT2D eigenvalue weighted by Crippen LogP contribution is -2.09. The molecule has 1 fully saturated rings. The molecule has 0 N–H and O–H groups in total. The molecule has 5 rings (SSSR count). The average Bonchev–Trinajstić information content (AvgIpc) is 3.49. The van der Waals surface area contributed by atoms with Crippen molar-refractivity contribution in [2.24, 2.45) is 0 Å². The fourth-order valence-corrected chi connectivity index (χ4v) is 4.64. The van der Waals surface area contributed by atoms with Gasteiger partial charge in [0.1, 0.15) is 5.69 Å². The lowest BCUT2D eigenvalue weighted by Gasteiger charge is -2.07. The van der Waals surface area contributed by atoms with Gasteiger partial charge in [0.2, 0.25) is 0 Å². The number of benzene rings is 1.